The van der Waals surface area contributed by atoms with Crippen LogP contribution in [0.15, 0.2) is 0 Å². The van der Waals surface area contributed by atoms with Gasteiger partial charge >= 0.3 is 8.25 Å². The van der Waals surface area contributed by atoms with E-state index in [4.69, 9.17) is 28.7 Å². The van der Waals surface area contributed by atoms with Crippen molar-refractivity contribution in [2.45, 2.75) is 0 Å². The smallest absolute Gasteiger partial charge is 0.394 e. The Morgan fingerprint density at radius 2 is 1.19 bits per heavy atom. The van der Waals surface area contributed by atoms with Crippen LogP contribution in [-0.2, 0) is 23.1 Å². The minimum atomic E-state index is -2.16. The Kier molecular flexibility index (Phi) is 12.8. The maximum atomic E-state index is 11.0. The lowest BCUT2D eigenvalue weighted by Crippen LogP contribution is -2.07. The Morgan fingerprint density at radius 3 is 1.56 bits per heavy atom. The molecule has 16 heavy (non-hydrogen) atoms. The SMILES string of the molecule is O=[P+](OCCOCCO)OCCOCCO. The van der Waals surface area contributed by atoms with Crippen LogP contribution in [0.5, 0.6) is 0 Å². The highest BCUT2D eigenvalue weighted by Gasteiger charge is 2.19. The molecule has 0 aliphatic carbocycles. The predicted molar refractivity (Wildman–Crippen MR) is 55.3 cm³/mol. The highest BCUT2D eigenvalue weighted by molar-refractivity contribution is 7.33. The van der Waals surface area contributed by atoms with Crippen molar-refractivity contribution >= 4 is 8.25 Å². The Labute approximate surface area is 95.2 Å². The molecular formula is C8H18O7P+. The summed E-state index contributed by atoms with van der Waals surface area (Å²) in [5.41, 5.74) is 0. The normalized spacial score (nSPS) is 10.6. The summed E-state index contributed by atoms with van der Waals surface area (Å²) in [5, 5.41) is 16.8. The molecule has 0 radical (unpaired) electrons. The Morgan fingerprint density at radius 1 is 0.750 bits per heavy atom. The van der Waals surface area contributed by atoms with Crippen molar-refractivity contribution in [1.29, 1.82) is 0 Å². The van der Waals surface area contributed by atoms with Crippen LogP contribution in [-0.4, -0.2) is 63.1 Å². The molecule has 0 heterocycles. The van der Waals surface area contributed by atoms with Gasteiger partial charge in [-0.25, -0.2) is 0 Å². The zero-order valence-corrected chi connectivity index (χ0v) is 9.93. The molecule has 8 heteroatoms. The minimum absolute atomic E-state index is 0.0508. The fourth-order valence-corrected chi connectivity index (χ4v) is 1.23. The van der Waals surface area contributed by atoms with E-state index in [-0.39, 0.29) is 52.9 Å². The van der Waals surface area contributed by atoms with E-state index in [0.717, 1.165) is 0 Å². The Bertz CT molecular complexity index is 150. The average molecular weight is 257 g/mol. The lowest BCUT2D eigenvalue weighted by molar-refractivity contribution is 0.0566. The lowest BCUT2D eigenvalue weighted by Gasteiger charge is -1.98. The highest BCUT2D eigenvalue weighted by atomic mass is 31.1. The first kappa shape index (κ1) is 15.9. The zero-order valence-electron chi connectivity index (χ0n) is 9.04. The zero-order chi connectivity index (χ0) is 12.1. The van der Waals surface area contributed by atoms with Gasteiger partial charge in [-0.3, -0.25) is 0 Å². The lowest BCUT2D eigenvalue weighted by atomic mass is 10.7. The van der Waals surface area contributed by atoms with E-state index in [0.29, 0.717) is 0 Å². The van der Waals surface area contributed by atoms with Gasteiger partial charge < -0.3 is 19.7 Å². The van der Waals surface area contributed by atoms with Crippen molar-refractivity contribution in [3.05, 3.63) is 0 Å². The van der Waals surface area contributed by atoms with E-state index >= 15 is 0 Å². The number of aliphatic hydroxyl groups is 2. The van der Waals surface area contributed by atoms with Crippen molar-refractivity contribution in [2.24, 2.45) is 0 Å². The Balaban J connectivity index is 3.12. The number of rotatable bonds is 12. The largest absolute Gasteiger partial charge is 0.697 e. The second kappa shape index (κ2) is 12.9. The first-order valence-corrected chi connectivity index (χ1v) is 6.01. The van der Waals surface area contributed by atoms with Gasteiger partial charge in [0.1, 0.15) is 13.2 Å². The van der Waals surface area contributed by atoms with E-state index in [1.165, 1.54) is 0 Å². The molecule has 0 aliphatic rings. The summed E-state index contributed by atoms with van der Waals surface area (Å²) in [6, 6.07) is 0. The monoisotopic (exact) mass is 257 g/mol. The van der Waals surface area contributed by atoms with Crippen LogP contribution in [0.2, 0.25) is 0 Å². The van der Waals surface area contributed by atoms with Crippen molar-refractivity contribution in [3.8, 4) is 0 Å². The van der Waals surface area contributed by atoms with Gasteiger partial charge in [-0.1, -0.05) is 0 Å². The van der Waals surface area contributed by atoms with Crippen molar-refractivity contribution in [3.63, 3.8) is 0 Å². The van der Waals surface area contributed by atoms with E-state index in [1.54, 1.807) is 0 Å². The van der Waals surface area contributed by atoms with E-state index in [2.05, 4.69) is 0 Å². The van der Waals surface area contributed by atoms with Crippen LogP contribution in [0.4, 0.5) is 0 Å². The fourth-order valence-electron chi connectivity index (χ4n) is 0.712. The number of hydrogen-bond donors (Lipinski definition) is 2. The first-order chi connectivity index (χ1) is 7.81. The van der Waals surface area contributed by atoms with Crippen LogP contribution in [0.3, 0.4) is 0 Å². The second-order valence-corrected chi connectivity index (χ2v) is 3.53. The van der Waals surface area contributed by atoms with Crippen molar-refractivity contribution < 1.29 is 33.3 Å². The summed E-state index contributed by atoms with van der Waals surface area (Å²) in [6.07, 6.45) is 0. The third kappa shape index (κ3) is 11.9. The molecular weight excluding hydrogens is 239 g/mol. The molecule has 0 aromatic carbocycles. The van der Waals surface area contributed by atoms with Gasteiger partial charge in [-0.05, 0) is 0 Å². The van der Waals surface area contributed by atoms with Gasteiger partial charge in [0.25, 0.3) is 0 Å². The maximum absolute atomic E-state index is 11.0. The molecule has 0 saturated carbocycles. The summed E-state index contributed by atoms with van der Waals surface area (Å²) in [6.45, 7) is 1.17. The molecule has 0 bridgehead atoms. The van der Waals surface area contributed by atoms with E-state index in [1.807, 2.05) is 0 Å². The van der Waals surface area contributed by atoms with E-state index in [9.17, 15) is 4.57 Å². The topological polar surface area (TPSA) is 94.5 Å². The highest BCUT2D eigenvalue weighted by Crippen LogP contribution is 2.22. The van der Waals surface area contributed by atoms with Crippen LogP contribution in [0.25, 0.3) is 0 Å². The first-order valence-electron chi connectivity index (χ1n) is 4.91. The van der Waals surface area contributed by atoms with Crippen molar-refractivity contribution in [1.82, 2.24) is 0 Å². The molecule has 0 atom stereocenters. The van der Waals surface area contributed by atoms with Gasteiger partial charge in [-0.2, -0.15) is 0 Å². The van der Waals surface area contributed by atoms with E-state index < -0.39 is 8.25 Å². The summed E-state index contributed by atoms with van der Waals surface area (Å²) >= 11 is 0. The predicted octanol–water partition coefficient (Wildman–Crippen LogP) is -0.305. The van der Waals surface area contributed by atoms with Crippen LogP contribution >= 0.6 is 8.25 Å². The van der Waals surface area contributed by atoms with Gasteiger partial charge in [0, 0.05) is 4.57 Å². The molecule has 7 nitrogen and oxygen atoms in total. The molecule has 2 N–H and O–H groups in total. The van der Waals surface area contributed by atoms with Gasteiger partial charge in [0.2, 0.25) is 0 Å². The molecule has 0 saturated heterocycles. The molecule has 0 fully saturated rings. The van der Waals surface area contributed by atoms with Gasteiger partial charge in [-0.15, -0.1) is 9.05 Å². The summed E-state index contributed by atoms with van der Waals surface area (Å²) < 4.78 is 30.3. The van der Waals surface area contributed by atoms with Crippen LogP contribution in [0, 0.1) is 0 Å². The molecule has 0 rings (SSSR count). The third-order valence-corrected chi connectivity index (χ3v) is 2.11. The molecule has 0 amide bonds. The number of aliphatic hydroxyl groups excluding tert-OH is 2. The van der Waals surface area contributed by atoms with Gasteiger partial charge in [0.15, 0.2) is 0 Å². The summed E-state index contributed by atoms with van der Waals surface area (Å²) in [4.78, 5) is 0. The van der Waals surface area contributed by atoms with Crippen molar-refractivity contribution in [2.75, 3.05) is 52.9 Å². The molecule has 0 aromatic rings. The standard InChI is InChI=1S/C8H18O7P/c9-1-3-12-5-7-14-16(11)15-8-6-13-4-2-10/h9-10H,1-8H2/q+1. The van der Waals surface area contributed by atoms with Crippen LogP contribution in [0.1, 0.15) is 0 Å². The molecule has 96 valence electrons. The summed E-state index contributed by atoms with van der Waals surface area (Å²) in [5.74, 6) is 0. The van der Waals surface area contributed by atoms with Gasteiger partial charge in [0.05, 0.1) is 39.6 Å². The quantitative estimate of drug-likeness (QED) is 0.366. The summed E-state index contributed by atoms with van der Waals surface area (Å²) in [7, 11) is -2.16. The Hall–Kier alpha value is -0.140. The second-order valence-electron chi connectivity index (χ2n) is 2.56. The molecule has 0 spiro atoms. The molecule has 0 aromatic heterocycles. The maximum Gasteiger partial charge on any atom is 0.697 e. The minimum Gasteiger partial charge on any atom is -0.394 e. The third-order valence-electron chi connectivity index (χ3n) is 1.32. The number of ether oxygens (including phenoxy) is 2. The average Bonchev–Trinajstić information content (AvgIpc) is 2.28. The van der Waals surface area contributed by atoms with Crippen LogP contribution < -0.4 is 0 Å². The molecule has 0 aliphatic heterocycles. The molecule has 0 unspecified atom stereocenters. The fraction of sp³-hybridized carbons (Fsp3) is 1.00. The number of hydrogen-bond acceptors (Lipinski definition) is 7.